The van der Waals surface area contributed by atoms with E-state index >= 15 is 0 Å². The van der Waals surface area contributed by atoms with E-state index in [0.717, 1.165) is 11.3 Å². The Kier molecular flexibility index (Phi) is 3.54. The first-order chi connectivity index (χ1) is 12.7. The molecule has 27 heavy (non-hydrogen) atoms. The van der Waals surface area contributed by atoms with Crippen molar-refractivity contribution in [1.82, 2.24) is 0 Å². The molecule has 0 N–H and O–H groups in total. The van der Waals surface area contributed by atoms with Crippen LogP contribution < -0.4 is 14.4 Å². The lowest BCUT2D eigenvalue weighted by atomic mass is 9.76. The summed E-state index contributed by atoms with van der Waals surface area (Å²) in [6.07, 6.45) is 3.89. The van der Waals surface area contributed by atoms with Crippen LogP contribution >= 0.6 is 0 Å². The second kappa shape index (κ2) is 5.49. The van der Waals surface area contributed by atoms with Crippen molar-refractivity contribution in [1.29, 1.82) is 0 Å². The number of hydrogen-bond acceptors (Lipinski definition) is 5. The third-order valence-electron chi connectivity index (χ3n) is 5.83. The van der Waals surface area contributed by atoms with Gasteiger partial charge in [0, 0.05) is 18.3 Å². The highest BCUT2D eigenvalue weighted by Crippen LogP contribution is 2.55. The molecule has 0 aliphatic carbocycles. The number of fused-ring (bicyclic) bond motifs is 2. The Balaban J connectivity index is 1.92. The standard InChI is InChI=1S/C21H22N2O4/c1-13-6-7-17-16(10-13)20(2,3)21(22(17)4)9-8-14-11-15(26-5)12-18(23(24)25)19(14)27-21/h6-12H,1-5H3. The number of nitro groups is 1. The average Bonchev–Trinajstić information content (AvgIpc) is 2.79. The van der Waals surface area contributed by atoms with Gasteiger partial charge in [0.1, 0.15) is 5.75 Å². The van der Waals surface area contributed by atoms with Crippen LogP contribution in [0.25, 0.3) is 6.08 Å². The molecule has 6 nitrogen and oxygen atoms in total. The molecule has 1 atom stereocenters. The van der Waals surface area contributed by atoms with Gasteiger partial charge in [0.15, 0.2) is 0 Å². The van der Waals surface area contributed by atoms with Crippen molar-refractivity contribution in [3.63, 3.8) is 0 Å². The molecule has 0 saturated heterocycles. The van der Waals surface area contributed by atoms with Crippen LogP contribution in [0, 0.1) is 17.0 Å². The van der Waals surface area contributed by atoms with E-state index in [2.05, 4.69) is 43.9 Å². The van der Waals surface area contributed by atoms with E-state index < -0.39 is 16.1 Å². The van der Waals surface area contributed by atoms with Gasteiger partial charge < -0.3 is 14.4 Å². The Morgan fingerprint density at radius 3 is 2.63 bits per heavy atom. The van der Waals surface area contributed by atoms with Crippen LogP contribution in [0.15, 0.2) is 36.4 Å². The molecule has 0 bridgehead atoms. The number of likely N-dealkylation sites (N-methyl/N-ethyl adjacent to an activating group) is 1. The van der Waals surface area contributed by atoms with Crippen molar-refractivity contribution >= 4 is 17.5 Å². The zero-order valence-corrected chi connectivity index (χ0v) is 16.1. The van der Waals surface area contributed by atoms with Crippen molar-refractivity contribution in [2.45, 2.75) is 31.9 Å². The number of aryl methyl sites for hydroxylation is 1. The van der Waals surface area contributed by atoms with Gasteiger partial charge in [-0.05, 0) is 50.6 Å². The topological polar surface area (TPSA) is 64.8 Å². The van der Waals surface area contributed by atoms with Crippen LogP contribution in [0.3, 0.4) is 0 Å². The minimum atomic E-state index is -0.852. The quantitative estimate of drug-likeness (QED) is 0.581. The predicted octanol–water partition coefficient (Wildman–Crippen LogP) is 4.44. The highest BCUT2D eigenvalue weighted by atomic mass is 16.6. The van der Waals surface area contributed by atoms with Gasteiger partial charge in [-0.2, -0.15) is 0 Å². The summed E-state index contributed by atoms with van der Waals surface area (Å²) in [5.74, 6) is 0.704. The van der Waals surface area contributed by atoms with Crippen LogP contribution in [0.2, 0.25) is 0 Å². The fourth-order valence-corrected chi connectivity index (χ4v) is 4.24. The zero-order valence-electron chi connectivity index (χ0n) is 16.1. The number of hydrogen-bond donors (Lipinski definition) is 0. The minimum absolute atomic E-state index is 0.0931. The van der Waals surface area contributed by atoms with Crippen molar-refractivity contribution < 1.29 is 14.4 Å². The van der Waals surface area contributed by atoms with E-state index in [4.69, 9.17) is 9.47 Å². The summed E-state index contributed by atoms with van der Waals surface area (Å²) >= 11 is 0. The first kappa shape index (κ1) is 17.4. The molecule has 0 radical (unpaired) electrons. The molecule has 1 unspecified atom stereocenters. The van der Waals surface area contributed by atoms with Gasteiger partial charge in [0.2, 0.25) is 11.5 Å². The van der Waals surface area contributed by atoms with Crippen molar-refractivity contribution in [3.05, 3.63) is 63.2 Å². The minimum Gasteiger partial charge on any atom is -0.496 e. The van der Waals surface area contributed by atoms with Crippen molar-refractivity contribution in [2.24, 2.45) is 0 Å². The molecule has 0 amide bonds. The summed E-state index contributed by atoms with van der Waals surface area (Å²) in [5.41, 5.74) is 2.68. The lowest BCUT2D eigenvalue weighted by molar-refractivity contribution is -0.386. The molecule has 4 rings (SSSR count). The summed E-state index contributed by atoms with van der Waals surface area (Å²) in [5, 5.41) is 11.7. The normalized spacial score (nSPS) is 21.6. The summed E-state index contributed by atoms with van der Waals surface area (Å²) in [6.45, 7) is 6.28. The molecular weight excluding hydrogens is 344 g/mol. The Morgan fingerprint density at radius 1 is 1.22 bits per heavy atom. The monoisotopic (exact) mass is 366 g/mol. The lowest BCUT2D eigenvalue weighted by Gasteiger charge is -2.45. The van der Waals surface area contributed by atoms with Crippen LogP contribution in [0.4, 0.5) is 11.4 Å². The largest absolute Gasteiger partial charge is 0.496 e. The Bertz CT molecular complexity index is 996. The molecule has 140 valence electrons. The highest BCUT2D eigenvalue weighted by molar-refractivity contribution is 5.75. The SMILES string of the molecule is COc1cc2c(c([N+](=O)[O-])c1)OC1(C=C2)N(C)c2ccc(C)cc2C1(C)C. The predicted molar refractivity (Wildman–Crippen MR) is 105 cm³/mol. The average molecular weight is 366 g/mol. The number of rotatable bonds is 2. The molecule has 2 heterocycles. The maximum Gasteiger partial charge on any atom is 0.315 e. The maximum atomic E-state index is 11.7. The van der Waals surface area contributed by atoms with E-state index in [1.54, 1.807) is 6.07 Å². The third kappa shape index (κ3) is 2.19. The molecule has 6 heteroatoms. The Hall–Kier alpha value is -3.02. The van der Waals surface area contributed by atoms with E-state index in [-0.39, 0.29) is 11.4 Å². The number of anilines is 1. The number of nitro benzene ring substituents is 1. The van der Waals surface area contributed by atoms with Gasteiger partial charge in [-0.25, -0.2) is 0 Å². The van der Waals surface area contributed by atoms with Gasteiger partial charge in [-0.15, -0.1) is 0 Å². The van der Waals surface area contributed by atoms with Gasteiger partial charge in [0.05, 0.1) is 23.5 Å². The fraction of sp³-hybridized carbons (Fsp3) is 0.333. The van der Waals surface area contributed by atoms with Crippen LogP contribution in [0.5, 0.6) is 11.5 Å². The third-order valence-corrected chi connectivity index (χ3v) is 5.83. The summed E-state index contributed by atoms with van der Waals surface area (Å²) < 4.78 is 11.7. The second-order valence-electron chi connectivity index (χ2n) is 7.66. The van der Waals surface area contributed by atoms with Crippen molar-refractivity contribution in [3.8, 4) is 11.5 Å². The van der Waals surface area contributed by atoms with E-state index in [1.807, 2.05) is 19.2 Å². The molecule has 2 aromatic carbocycles. The van der Waals surface area contributed by atoms with Crippen LogP contribution in [-0.2, 0) is 5.41 Å². The van der Waals surface area contributed by atoms with Crippen molar-refractivity contribution in [2.75, 3.05) is 19.1 Å². The molecule has 1 spiro atoms. The highest BCUT2D eigenvalue weighted by Gasteiger charge is 2.58. The van der Waals surface area contributed by atoms with E-state index in [1.165, 1.54) is 18.7 Å². The number of benzene rings is 2. The molecule has 0 aromatic heterocycles. The summed E-state index contributed by atoms with van der Waals surface area (Å²) in [7, 11) is 3.46. The molecule has 2 aliphatic heterocycles. The smallest absolute Gasteiger partial charge is 0.315 e. The van der Waals surface area contributed by atoms with Crippen LogP contribution in [-0.4, -0.2) is 24.8 Å². The Morgan fingerprint density at radius 2 is 1.96 bits per heavy atom. The second-order valence-corrected chi connectivity index (χ2v) is 7.66. The van der Waals surface area contributed by atoms with Gasteiger partial charge >= 0.3 is 5.69 Å². The van der Waals surface area contributed by atoms with Gasteiger partial charge in [-0.1, -0.05) is 17.7 Å². The maximum absolute atomic E-state index is 11.7. The van der Waals surface area contributed by atoms with Gasteiger partial charge in [-0.3, -0.25) is 10.1 Å². The number of nitrogens with zero attached hydrogens (tertiary/aromatic N) is 2. The summed E-state index contributed by atoms with van der Waals surface area (Å²) in [4.78, 5) is 13.3. The number of ether oxygens (including phenoxy) is 2. The summed E-state index contributed by atoms with van der Waals surface area (Å²) in [6, 6.07) is 9.47. The zero-order chi connectivity index (χ0) is 19.6. The molecule has 2 aliphatic rings. The molecular formula is C21H22N2O4. The molecule has 2 aromatic rings. The van der Waals surface area contributed by atoms with E-state index in [0.29, 0.717) is 11.3 Å². The molecule has 0 saturated carbocycles. The molecule has 0 fully saturated rings. The first-order valence-corrected chi connectivity index (χ1v) is 8.81. The number of methoxy groups -OCH3 is 1. The Labute approximate surface area is 158 Å². The van der Waals surface area contributed by atoms with E-state index in [9.17, 15) is 10.1 Å². The van der Waals surface area contributed by atoms with Crippen LogP contribution in [0.1, 0.15) is 30.5 Å². The lowest BCUT2D eigenvalue weighted by Crippen LogP contribution is -2.58. The van der Waals surface area contributed by atoms with Gasteiger partial charge in [0.25, 0.3) is 0 Å². The fourth-order valence-electron chi connectivity index (χ4n) is 4.24. The first-order valence-electron chi connectivity index (χ1n) is 8.81.